The van der Waals surface area contributed by atoms with Gasteiger partial charge in [-0.1, -0.05) is 47.9 Å². The molecule has 6 heteroatoms. The molecule has 1 aromatic heterocycles. The van der Waals surface area contributed by atoms with E-state index in [1.54, 1.807) is 0 Å². The Kier molecular flexibility index (Phi) is 4.41. The monoisotopic (exact) mass is 373 g/mol. The molecule has 0 N–H and O–H groups in total. The first kappa shape index (κ1) is 13.4. The Morgan fingerprint density at radius 1 is 1.44 bits per heavy atom. The molecule has 2 aliphatic rings. The maximum absolute atomic E-state index is 4.10. The van der Waals surface area contributed by atoms with E-state index in [2.05, 4.69) is 52.1 Å². The van der Waals surface area contributed by atoms with Crippen LogP contribution in [0.15, 0.2) is 16.7 Å². The first-order valence-electron chi connectivity index (χ1n) is 5.05. The number of pyridine rings is 1. The third-order valence-corrected chi connectivity index (χ3v) is 4.30. The van der Waals surface area contributed by atoms with Crippen molar-refractivity contribution in [3.63, 3.8) is 0 Å². The molecule has 3 rings (SSSR count). The minimum absolute atomic E-state index is 0. The summed E-state index contributed by atoms with van der Waals surface area (Å²) in [5, 5.41) is 0. The molecular formula is C10H12BrN3PY-. The van der Waals surface area contributed by atoms with E-state index in [4.69, 9.17) is 0 Å². The molecule has 3 unspecified atom stereocenters. The van der Waals surface area contributed by atoms with Crippen LogP contribution in [0.1, 0.15) is 6.42 Å². The normalized spacial score (nSPS) is 28.2. The Labute approximate surface area is 132 Å². The van der Waals surface area contributed by atoms with Crippen molar-refractivity contribution in [1.82, 2.24) is 9.65 Å². The van der Waals surface area contributed by atoms with Gasteiger partial charge in [-0.3, -0.25) is 4.67 Å². The summed E-state index contributed by atoms with van der Waals surface area (Å²) in [7, 11) is 2.83. The zero-order valence-corrected chi connectivity index (χ0v) is 14.4. The molecule has 16 heavy (non-hydrogen) atoms. The first-order valence-corrected chi connectivity index (χ1v) is 6.36. The van der Waals surface area contributed by atoms with Crippen molar-refractivity contribution in [1.29, 1.82) is 0 Å². The molecule has 3 heterocycles. The van der Waals surface area contributed by atoms with E-state index < -0.39 is 0 Å². The second kappa shape index (κ2) is 5.28. The van der Waals surface area contributed by atoms with Gasteiger partial charge in [-0.15, -0.1) is 6.07 Å². The fourth-order valence-corrected chi connectivity index (χ4v) is 3.33. The number of hydrogen-bond donors (Lipinski definition) is 0. The molecule has 3 atom stereocenters. The summed E-state index contributed by atoms with van der Waals surface area (Å²) in [4.78, 5) is 6.55. The molecule has 83 valence electrons. The topological polar surface area (TPSA) is 19.4 Å². The van der Waals surface area contributed by atoms with E-state index >= 15 is 0 Å². The van der Waals surface area contributed by atoms with Gasteiger partial charge in [-0.2, -0.15) is 0 Å². The molecular weight excluding hydrogens is 362 g/mol. The van der Waals surface area contributed by atoms with Gasteiger partial charge in [0.25, 0.3) is 0 Å². The fraction of sp³-hybridized carbons (Fsp3) is 0.500. The Balaban J connectivity index is 0.000000963. The van der Waals surface area contributed by atoms with Crippen LogP contribution in [0.25, 0.3) is 0 Å². The first-order chi connectivity index (χ1) is 7.24. The maximum Gasteiger partial charge on any atom is 0.0415 e. The van der Waals surface area contributed by atoms with E-state index in [-0.39, 0.29) is 32.7 Å². The quantitative estimate of drug-likeness (QED) is 0.551. The van der Waals surface area contributed by atoms with Gasteiger partial charge in [-0.05, 0) is 6.42 Å². The number of hydrogen-bond acceptors (Lipinski definition) is 3. The number of rotatable bonds is 1. The third kappa shape index (κ3) is 2.37. The van der Waals surface area contributed by atoms with Crippen LogP contribution >= 0.6 is 25.3 Å². The molecule has 1 aromatic rings. The molecule has 3 nitrogen and oxygen atoms in total. The molecule has 2 fully saturated rings. The summed E-state index contributed by atoms with van der Waals surface area (Å²) >= 11 is 3.41. The van der Waals surface area contributed by atoms with Crippen LogP contribution in [0, 0.1) is 6.20 Å². The summed E-state index contributed by atoms with van der Waals surface area (Å²) in [6.45, 7) is 2.26. The summed E-state index contributed by atoms with van der Waals surface area (Å²) in [6, 6.07) is 3.45. The predicted octanol–water partition coefficient (Wildman–Crippen LogP) is 1.69. The SMILES string of the molecule is PN1CC2CC1CN2c1cn[c-]c(Br)c1.[Y]. The second-order valence-electron chi connectivity index (χ2n) is 4.18. The summed E-state index contributed by atoms with van der Waals surface area (Å²) in [5.41, 5.74) is 1.21. The minimum atomic E-state index is 0. The van der Waals surface area contributed by atoms with Crippen molar-refractivity contribution < 1.29 is 32.7 Å². The smallest absolute Gasteiger partial charge is 0.0415 e. The van der Waals surface area contributed by atoms with E-state index in [0.29, 0.717) is 12.1 Å². The van der Waals surface area contributed by atoms with Crippen molar-refractivity contribution in [3.05, 3.63) is 22.9 Å². The van der Waals surface area contributed by atoms with Crippen molar-refractivity contribution in [2.75, 3.05) is 18.0 Å². The van der Waals surface area contributed by atoms with Gasteiger partial charge in [0.1, 0.15) is 0 Å². The molecule has 0 saturated carbocycles. The minimum Gasteiger partial charge on any atom is -0.391 e. The van der Waals surface area contributed by atoms with Crippen LogP contribution < -0.4 is 4.90 Å². The molecule has 2 aliphatic heterocycles. The third-order valence-electron chi connectivity index (χ3n) is 3.26. The maximum atomic E-state index is 4.10. The summed E-state index contributed by atoms with van der Waals surface area (Å²) < 4.78 is 3.31. The van der Waals surface area contributed by atoms with E-state index in [1.807, 2.05) is 6.20 Å². The van der Waals surface area contributed by atoms with Gasteiger partial charge in [0.15, 0.2) is 0 Å². The zero-order chi connectivity index (χ0) is 10.4. The Bertz CT molecular complexity index is 390. The van der Waals surface area contributed by atoms with Crippen molar-refractivity contribution in [3.8, 4) is 0 Å². The Hall–Kier alpha value is 0.924. The molecule has 2 saturated heterocycles. The molecule has 0 amide bonds. The number of nitrogens with zero attached hydrogens (tertiary/aromatic N) is 3. The number of halogens is 1. The Morgan fingerprint density at radius 2 is 2.25 bits per heavy atom. The molecule has 1 radical (unpaired) electrons. The molecule has 0 aromatic carbocycles. The second-order valence-corrected chi connectivity index (χ2v) is 5.70. The number of anilines is 1. The van der Waals surface area contributed by atoms with Crippen LogP contribution in [-0.2, 0) is 32.7 Å². The average molecular weight is 374 g/mol. The van der Waals surface area contributed by atoms with E-state index in [1.165, 1.54) is 12.1 Å². The fourth-order valence-electron chi connectivity index (χ4n) is 2.53. The van der Waals surface area contributed by atoms with Crippen LogP contribution in [0.2, 0.25) is 0 Å². The van der Waals surface area contributed by atoms with Gasteiger partial charge in [0.05, 0.1) is 0 Å². The van der Waals surface area contributed by atoms with Crippen LogP contribution in [0.5, 0.6) is 0 Å². The van der Waals surface area contributed by atoms with E-state index in [0.717, 1.165) is 17.6 Å². The van der Waals surface area contributed by atoms with Gasteiger partial charge in [-0.25, -0.2) is 0 Å². The average Bonchev–Trinajstić information content (AvgIpc) is 2.76. The Morgan fingerprint density at radius 3 is 2.81 bits per heavy atom. The standard InChI is InChI=1S/C10H12BrN3P.Y/c11-7-1-8(4-12-3-7)13-5-10-2-9(13)6-14(10)15;/h1,4,9-10H,2,5-6,15H2;/q-1;. The van der Waals surface area contributed by atoms with Gasteiger partial charge >= 0.3 is 0 Å². The van der Waals surface area contributed by atoms with Gasteiger partial charge < -0.3 is 9.88 Å². The summed E-state index contributed by atoms with van der Waals surface area (Å²) in [6.07, 6.45) is 6.05. The van der Waals surface area contributed by atoms with Crippen LogP contribution in [0.4, 0.5) is 5.69 Å². The number of fused-ring (bicyclic) bond motifs is 2. The number of piperazine rings is 1. The molecule has 2 bridgehead atoms. The number of aromatic nitrogens is 1. The molecule has 0 aliphatic carbocycles. The van der Waals surface area contributed by atoms with Gasteiger partial charge in [0, 0.05) is 57.9 Å². The van der Waals surface area contributed by atoms with Crippen LogP contribution in [-0.4, -0.2) is 34.8 Å². The van der Waals surface area contributed by atoms with Crippen LogP contribution in [0.3, 0.4) is 0 Å². The zero-order valence-electron chi connectivity index (χ0n) is 8.81. The summed E-state index contributed by atoms with van der Waals surface area (Å²) in [5.74, 6) is 0. The van der Waals surface area contributed by atoms with Gasteiger partial charge in [0.2, 0.25) is 0 Å². The van der Waals surface area contributed by atoms with Crippen molar-refractivity contribution >= 4 is 31.0 Å². The van der Waals surface area contributed by atoms with E-state index in [9.17, 15) is 0 Å². The van der Waals surface area contributed by atoms with Crippen molar-refractivity contribution in [2.45, 2.75) is 18.5 Å². The predicted molar refractivity (Wildman–Crippen MR) is 66.7 cm³/mol. The largest absolute Gasteiger partial charge is 0.391 e. The molecule has 0 spiro atoms. The van der Waals surface area contributed by atoms with Crippen molar-refractivity contribution in [2.24, 2.45) is 0 Å².